The molecule has 0 unspecified atom stereocenters. The molecule has 1 atom stereocenters. The monoisotopic (exact) mass is 346 g/mol. The van der Waals surface area contributed by atoms with E-state index < -0.39 is 0 Å². The summed E-state index contributed by atoms with van der Waals surface area (Å²) in [5, 5.41) is 3.16. The molecule has 1 N–H and O–H groups in total. The van der Waals surface area contributed by atoms with E-state index in [-0.39, 0.29) is 11.9 Å². The van der Waals surface area contributed by atoms with Gasteiger partial charge in [0.2, 0.25) is 5.91 Å². The van der Waals surface area contributed by atoms with Crippen molar-refractivity contribution in [2.45, 2.75) is 25.4 Å². The number of benzene rings is 1. The van der Waals surface area contributed by atoms with Crippen LogP contribution in [0.25, 0.3) is 0 Å². The average molecular weight is 346 g/mol. The van der Waals surface area contributed by atoms with Crippen LogP contribution in [0.15, 0.2) is 29.8 Å². The van der Waals surface area contributed by atoms with Crippen LogP contribution in [-0.4, -0.2) is 57.4 Å². The van der Waals surface area contributed by atoms with Gasteiger partial charge in [0.25, 0.3) is 0 Å². The zero-order chi connectivity index (χ0) is 17.6. The minimum atomic E-state index is 0.0539. The Kier molecular flexibility index (Phi) is 5.94. The van der Waals surface area contributed by atoms with Gasteiger partial charge in [-0.15, -0.1) is 0 Å². The lowest BCUT2D eigenvalue weighted by Gasteiger charge is -2.19. The van der Waals surface area contributed by atoms with Crippen molar-refractivity contribution in [3.8, 4) is 11.5 Å². The molecule has 0 bridgehead atoms. The number of hydrogen-bond donors (Lipinski definition) is 1. The summed E-state index contributed by atoms with van der Waals surface area (Å²) in [4.78, 5) is 14.6. The minimum absolute atomic E-state index is 0.0539. The molecule has 136 valence electrons. The molecule has 0 saturated carbocycles. The number of rotatable bonds is 6. The molecule has 1 aromatic rings. The fraction of sp³-hybridized carbons (Fsp3) is 0.526. The van der Waals surface area contributed by atoms with Crippen molar-refractivity contribution in [1.82, 2.24) is 10.2 Å². The van der Waals surface area contributed by atoms with Gasteiger partial charge in [-0.2, -0.15) is 0 Å². The predicted octanol–water partition coefficient (Wildman–Crippen LogP) is 1.74. The van der Waals surface area contributed by atoms with Crippen LogP contribution in [0.2, 0.25) is 0 Å². The summed E-state index contributed by atoms with van der Waals surface area (Å²) in [6.07, 6.45) is 3.55. The fourth-order valence-corrected chi connectivity index (χ4v) is 3.32. The second-order valence-electron chi connectivity index (χ2n) is 6.47. The molecule has 6 heteroatoms. The van der Waals surface area contributed by atoms with Crippen molar-refractivity contribution in [2.75, 3.05) is 40.5 Å². The number of carbonyl (C=O) groups excluding carboxylic acids is 1. The van der Waals surface area contributed by atoms with E-state index in [1.807, 2.05) is 24.3 Å². The topological polar surface area (TPSA) is 60.0 Å². The summed E-state index contributed by atoms with van der Waals surface area (Å²) >= 11 is 0. The van der Waals surface area contributed by atoms with Crippen molar-refractivity contribution in [2.24, 2.45) is 0 Å². The summed E-state index contributed by atoms with van der Waals surface area (Å²) < 4.78 is 15.9. The van der Waals surface area contributed by atoms with E-state index in [0.717, 1.165) is 48.7 Å². The number of hydrogen-bond acceptors (Lipinski definition) is 5. The third-order valence-electron chi connectivity index (χ3n) is 4.68. The van der Waals surface area contributed by atoms with Gasteiger partial charge in [-0.3, -0.25) is 9.69 Å². The molecule has 6 nitrogen and oxygen atoms in total. The molecule has 2 heterocycles. The molecule has 1 amide bonds. The van der Waals surface area contributed by atoms with Gasteiger partial charge in [0.05, 0.1) is 27.4 Å². The molecule has 2 aliphatic heterocycles. The van der Waals surface area contributed by atoms with Gasteiger partial charge in [0, 0.05) is 43.7 Å². The Balaban J connectivity index is 1.54. The SMILES string of the molecule is COc1cc(CN2CC[C@@H](NC(=O)C3=CCOCC3)C2)cc(OC)c1. The summed E-state index contributed by atoms with van der Waals surface area (Å²) in [5.41, 5.74) is 2.00. The number of likely N-dealkylation sites (tertiary alicyclic amines) is 1. The van der Waals surface area contributed by atoms with Crippen LogP contribution < -0.4 is 14.8 Å². The molecule has 0 radical (unpaired) electrons. The number of nitrogens with one attached hydrogen (secondary N) is 1. The summed E-state index contributed by atoms with van der Waals surface area (Å²) in [5.74, 6) is 1.65. The summed E-state index contributed by atoms with van der Waals surface area (Å²) in [6.45, 7) is 3.81. The predicted molar refractivity (Wildman–Crippen MR) is 94.9 cm³/mol. The van der Waals surface area contributed by atoms with Crippen molar-refractivity contribution < 1.29 is 19.0 Å². The van der Waals surface area contributed by atoms with Crippen molar-refractivity contribution in [1.29, 1.82) is 0 Å². The van der Waals surface area contributed by atoms with E-state index in [9.17, 15) is 4.79 Å². The smallest absolute Gasteiger partial charge is 0.247 e. The molecule has 1 aromatic carbocycles. The molecule has 1 fully saturated rings. The first-order valence-corrected chi connectivity index (χ1v) is 8.70. The van der Waals surface area contributed by atoms with Gasteiger partial charge >= 0.3 is 0 Å². The Hall–Kier alpha value is -2.05. The number of amides is 1. The second-order valence-corrected chi connectivity index (χ2v) is 6.47. The van der Waals surface area contributed by atoms with E-state index in [1.165, 1.54) is 0 Å². The van der Waals surface area contributed by atoms with Crippen LogP contribution in [0.5, 0.6) is 11.5 Å². The van der Waals surface area contributed by atoms with E-state index in [0.29, 0.717) is 19.6 Å². The highest BCUT2D eigenvalue weighted by atomic mass is 16.5. The van der Waals surface area contributed by atoms with Crippen molar-refractivity contribution in [3.05, 3.63) is 35.4 Å². The first-order valence-electron chi connectivity index (χ1n) is 8.70. The van der Waals surface area contributed by atoms with Crippen LogP contribution in [-0.2, 0) is 16.1 Å². The Morgan fingerprint density at radius 3 is 2.68 bits per heavy atom. The van der Waals surface area contributed by atoms with Crippen LogP contribution in [0.1, 0.15) is 18.4 Å². The number of methoxy groups -OCH3 is 2. The van der Waals surface area contributed by atoms with Gasteiger partial charge in [0.1, 0.15) is 11.5 Å². The molecule has 0 aromatic heterocycles. The third kappa shape index (κ3) is 4.74. The molecule has 2 aliphatic rings. The van der Waals surface area contributed by atoms with Gasteiger partial charge in [-0.05, 0) is 24.1 Å². The lowest BCUT2D eigenvalue weighted by Crippen LogP contribution is -2.38. The van der Waals surface area contributed by atoms with Crippen LogP contribution >= 0.6 is 0 Å². The molecular weight excluding hydrogens is 320 g/mol. The minimum Gasteiger partial charge on any atom is -0.497 e. The van der Waals surface area contributed by atoms with Crippen LogP contribution in [0, 0.1) is 0 Å². The van der Waals surface area contributed by atoms with Crippen molar-refractivity contribution >= 4 is 5.91 Å². The maximum absolute atomic E-state index is 12.3. The Morgan fingerprint density at radius 1 is 1.28 bits per heavy atom. The zero-order valence-corrected chi connectivity index (χ0v) is 14.9. The highest BCUT2D eigenvalue weighted by Gasteiger charge is 2.25. The second kappa shape index (κ2) is 8.36. The number of nitrogens with zero attached hydrogens (tertiary/aromatic N) is 1. The zero-order valence-electron chi connectivity index (χ0n) is 14.9. The Labute approximate surface area is 148 Å². The summed E-state index contributed by atoms with van der Waals surface area (Å²) in [7, 11) is 3.32. The van der Waals surface area contributed by atoms with Crippen LogP contribution in [0.3, 0.4) is 0 Å². The maximum Gasteiger partial charge on any atom is 0.247 e. The van der Waals surface area contributed by atoms with Gasteiger partial charge in [-0.1, -0.05) is 6.08 Å². The fourth-order valence-electron chi connectivity index (χ4n) is 3.32. The normalized spacial score (nSPS) is 20.9. The van der Waals surface area contributed by atoms with E-state index >= 15 is 0 Å². The van der Waals surface area contributed by atoms with E-state index in [4.69, 9.17) is 14.2 Å². The van der Waals surface area contributed by atoms with E-state index in [2.05, 4.69) is 10.2 Å². The standard InChI is InChI=1S/C19H26N2O4/c1-23-17-9-14(10-18(11-17)24-2)12-21-6-3-16(13-21)20-19(22)15-4-7-25-8-5-15/h4,9-11,16H,3,5-8,12-13H2,1-2H3,(H,20,22)/t16-/m1/s1. The first kappa shape index (κ1) is 17.8. The highest BCUT2D eigenvalue weighted by Crippen LogP contribution is 2.24. The van der Waals surface area contributed by atoms with Gasteiger partial charge < -0.3 is 19.5 Å². The molecule has 0 spiro atoms. The first-order chi connectivity index (χ1) is 12.2. The molecule has 25 heavy (non-hydrogen) atoms. The Bertz CT molecular complexity index is 622. The third-order valence-corrected chi connectivity index (χ3v) is 4.68. The largest absolute Gasteiger partial charge is 0.497 e. The van der Waals surface area contributed by atoms with Gasteiger partial charge in [-0.25, -0.2) is 0 Å². The molecule has 0 aliphatic carbocycles. The average Bonchev–Trinajstić information content (AvgIpc) is 3.08. The Morgan fingerprint density at radius 2 is 2.04 bits per heavy atom. The van der Waals surface area contributed by atoms with E-state index in [1.54, 1.807) is 14.2 Å². The maximum atomic E-state index is 12.3. The van der Waals surface area contributed by atoms with Crippen molar-refractivity contribution in [3.63, 3.8) is 0 Å². The molecular formula is C19H26N2O4. The van der Waals surface area contributed by atoms with Gasteiger partial charge in [0.15, 0.2) is 0 Å². The molecule has 1 saturated heterocycles. The van der Waals surface area contributed by atoms with Crippen LogP contribution in [0.4, 0.5) is 0 Å². The lowest BCUT2D eigenvalue weighted by molar-refractivity contribution is -0.118. The lowest BCUT2D eigenvalue weighted by atomic mass is 10.1. The number of ether oxygens (including phenoxy) is 3. The quantitative estimate of drug-likeness (QED) is 0.850. The number of carbonyl (C=O) groups is 1. The highest BCUT2D eigenvalue weighted by molar-refractivity contribution is 5.93. The molecule has 3 rings (SSSR count). The summed E-state index contributed by atoms with van der Waals surface area (Å²) in [6, 6.07) is 6.13.